The second-order valence-corrected chi connectivity index (χ2v) is 8.37. The summed E-state index contributed by atoms with van der Waals surface area (Å²) in [6.45, 7) is 3.60. The van der Waals surface area contributed by atoms with Gasteiger partial charge in [0.1, 0.15) is 11.6 Å². The molecule has 11 heteroatoms. The molecule has 1 atom stereocenters. The van der Waals surface area contributed by atoms with Gasteiger partial charge < -0.3 is 15.2 Å². The van der Waals surface area contributed by atoms with E-state index in [0.717, 1.165) is 5.69 Å². The molecule has 1 aromatic carbocycles. The average molecular weight is 435 g/mol. The first-order chi connectivity index (χ1) is 13.8. The van der Waals surface area contributed by atoms with Crippen LogP contribution in [0.2, 0.25) is 0 Å². The number of amides is 2. The number of hydrogen-bond acceptors (Lipinski definition) is 7. The third-order valence-electron chi connectivity index (χ3n) is 3.89. The fourth-order valence-electron chi connectivity index (χ4n) is 2.33. The SMILES string of the molecule is Cc1csc(NC(=O)[C@H](C)Sc2nnc(CC(=O)Nc3ccccc3F)n2C)n1. The molecule has 0 saturated carbocycles. The first-order valence-electron chi connectivity index (χ1n) is 8.65. The molecule has 0 aliphatic rings. The number of halogens is 1. The Balaban J connectivity index is 1.59. The van der Waals surface area contributed by atoms with Crippen LogP contribution in [0.3, 0.4) is 0 Å². The van der Waals surface area contributed by atoms with Gasteiger partial charge in [-0.2, -0.15) is 0 Å². The van der Waals surface area contributed by atoms with E-state index in [1.807, 2.05) is 12.3 Å². The van der Waals surface area contributed by atoms with Crippen LogP contribution in [-0.4, -0.2) is 36.8 Å². The number of carbonyl (C=O) groups excluding carboxylic acids is 2. The number of hydrogen-bond donors (Lipinski definition) is 2. The van der Waals surface area contributed by atoms with Crippen LogP contribution < -0.4 is 10.6 Å². The van der Waals surface area contributed by atoms with E-state index in [4.69, 9.17) is 0 Å². The Morgan fingerprint density at radius 2 is 2.03 bits per heavy atom. The number of benzene rings is 1. The average Bonchev–Trinajstić information content (AvgIpc) is 3.23. The van der Waals surface area contributed by atoms with Crippen LogP contribution in [0, 0.1) is 12.7 Å². The van der Waals surface area contributed by atoms with Crippen molar-refractivity contribution in [2.45, 2.75) is 30.7 Å². The van der Waals surface area contributed by atoms with E-state index < -0.39 is 17.0 Å². The largest absolute Gasteiger partial charge is 0.323 e. The number of aromatic nitrogens is 4. The molecule has 3 rings (SSSR count). The Morgan fingerprint density at radius 3 is 2.72 bits per heavy atom. The predicted octanol–water partition coefficient (Wildman–Crippen LogP) is 3.02. The number of thioether (sulfide) groups is 1. The fourth-order valence-corrected chi connectivity index (χ4v) is 3.86. The molecule has 0 unspecified atom stereocenters. The zero-order chi connectivity index (χ0) is 21.0. The van der Waals surface area contributed by atoms with Crippen molar-refractivity contribution in [1.82, 2.24) is 19.7 Å². The molecular weight excluding hydrogens is 415 g/mol. The molecule has 0 saturated heterocycles. The van der Waals surface area contributed by atoms with Gasteiger partial charge in [0.05, 0.1) is 23.1 Å². The Kier molecular flexibility index (Phi) is 6.60. The molecule has 8 nitrogen and oxygen atoms in total. The van der Waals surface area contributed by atoms with Gasteiger partial charge >= 0.3 is 0 Å². The summed E-state index contributed by atoms with van der Waals surface area (Å²) in [4.78, 5) is 28.7. The number of rotatable bonds is 7. The monoisotopic (exact) mass is 434 g/mol. The Hall–Kier alpha value is -2.79. The highest BCUT2D eigenvalue weighted by atomic mass is 32.2. The standard InChI is InChI=1S/C18H19FN6O2S2/c1-10-9-28-17(20-10)22-16(27)11(2)29-18-24-23-14(25(18)3)8-15(26)21-13-7-5-4-6-12(13)19/h4-7,9,11H,8H2,1-3H3,(H,21,26)(H,20,22,27)/t11-/m0/s1. The van der Waals surface area contributed by atoms with Gasteiger partial charge in [0.25, 0.3) is 0 Å². The normalized spacial score (nSPS) is 11.9. The third kappa shape index (κ3) is 5.39. The predicted molar refractivity (Wildman–Crippen MR) is 111 cm³/mol. The smallest absolute Gasteiger partial charge is 0.239 e. The van der Waals surface area contributed by atoms with Crippen LogP contribution in [-0.2, 0) is 23.1 Å². The van der Waals surface area contributed by atoms with Crippen LogP contribution in [0.5, 0.6) is 0 Å². The van der Waals surface area contributed by atoms with Crippen molar-refractivity contribution in [2.24, 2.45) is 7.05 Å². The van der Waals surface area contributed by atoms with E-state index in [-0.39, 0.29) is 18.0 Å². The van der Waals surface area contributed by atoms with E-state index in [1.54, 1.807) is 30.7 Å². The molecule has 0 bridgehead atoms. The maximum atomic E-state index is 13.7. The van der Waals surface area contributed by atoms with E-state index in [9.17, 15) is 14.0 Å². The lowest BCUT2D eigenvalue weighted by Crippen LogP contribution is -2.23. The van der Waals surface area contributed by atoms with Crippen molar-refractivity contribution in [3.05, 3.63) is 47.0 Å². The Morgan fingerprint density at radius 1 is 1.28 bits per heavy atom. The van der Waals surface area contributed by atoms with Crippen LogP contribution in [0.4, 0.5) is 15.2 Å². The maximum absolute atomic E-state index is 13.7. The molecule has 29 heavy (non-hydrogen) atoms. The summed E-state index contributed by atoms with van der Waals surface area (Å²) in [5, 5.41) is 15.8. The minimum absolute atomic E-state index is 0.0721. The number of nitrogens with one attached hydrogen (secondary N) is 2. The summed E-state index contributed by atoms with van der Waals surface area (Å²) in [7, 11) is 1.71. The zero-order valence-corrected chi connectivity index (χ0v) is 17.6. The summed E-state index contributed by atoms with van der Waals surface area (Å²) in [6, 6.07) is 5.93. The first kappa shape index (κ1) is 20.9. The topological polar surface area (TPSA) is 102 Å². The molecule has 0 fully saturated rings. The van der Waals surface area contributed by atoms with Crippen molar-refractivity contribution in [1.29, 1.82) is 0 Å². The highest BCUT2D eigenvalue weighted by Crippen LogP contribution is 2.24. The summed E-state index contributed by atoms with van der Waals surface area (Å²) >= 11 is 2.58. The Bertz CT molecular complexity index is 1040. The summed E-state index contributed by atoms with van der Waals surface area (Å²) in [5.41, 5.74) is 0.953. The minimum atomic E-state index is -0.509. The van der Waals surface area contributed by atoms with E-state index in [0.29, 0.717) is 16.1 Å². The summed E-state index contributed by atoms with van der Waals surface area (Å²) in [5.74, 6) is -0.715. The van der Waals surface area contributed by atoms with E-state index in [1.165, 1.54) is 35.2 Å². The van der Waals surface area contributed by atoms with Gasteiger partial charge in [-0.1, -0.05) is 23.9 Å². The van der Waals surface area contributed by atoms with Gasteiger partial charge in [-0.05, 0) is 26.0 Å². The van der Waals surface area contributed by atoms with Crippen LogP contribution in [0.1, 0.15) is 18.4 Å². The first-order valence-corrected chi connectivity index (χ1v) is 10.4. The number of anilines is 2. The quantitative estimate of drug-likeness (QED) is 0.554. The molecule has 3 aromatic rings. The van der Waals surface area contributed by atoms with E-state index in [2.05, 4.69) is 25.8 Å². The van der Waals surface area contributed by atoms with Gasteiger partial charge in [-0.3, -0.25) is 9.59 Å². The van der Waals surface area contributed by atoms with Gasteiger partial charge in [0.2, 0.25) is 11.8 Å². The molecule has 0 radical (unpaired) electrons. The molecule has 152 valence electrons. The molecule has 2 aromatic heterocycles. The minimum Gasteiger partial charge on any atom is -0.323 e. The van der Waals surface area contributed by atoms with E-state index >= 15 is 0 Å². The Labute approximate surface area is 174 Å². The lowest BCUT2D eigenvalue weighted by atomic mass is 10.3. The molecular formula is C18H19FN6O2S2. The third-order valence-corrected chi connectivity index (χ3v) is 5.90. The van der Waals surface area contributed by atoms with Gasteiger partial charge in [0, 0.05) is 12.4 Å². The molecule has 0 spiro atoms. The second kappa shape index (κ2) is 9.14. The molecule has 2 amide bonds. The van der Waals surface area contributed by atoms with Crippen molar-refractivity contribution in [3.63, 3.8) is 0 Å². The van der Waals surface area contributed by atoms with Gasteiger partial charge in [-0.15, -0.1) is 21.5 Å². The lowest BCUT2D eigenvalue weighted by molar-refractivity contribution is -0.116. The van der Waals surface area contributed by atoms with Crippen molar-refractivity contribution in [2.75, 3.05) is 10.6 Å². The number of aryl methyl sites for hydroxylation is 1. The number of nitrogens with zero attached hydrogens (tertiary/aromatic N) is 4. The van der Waals surface area contributed by atoms with Crippen LogP contribution in [0.15, 0.2) is 34.8 Å². The molecule has 2 N–H and O–H groups in total. The highest BCUT2D eigenvalue weighted by molar-refractivity contribution is 8.00. The van der Waals surface area contributed by atoms with Crippen LogP contribution in [0.25, 0.3) is 0 Å². The molecule has 0 aliphatic carbocycles. The number of para-hydroxylation sites is 1. The van der Waals surface area contributed by atoms with Crippen molar-refractivity contribution < 1.29 is 14.0 Å². The lowest BCUT2D eigenvalue weighted by Gasteiger charge is -2.10. The molecule has 0 aliphatic heterocycles. The zero-order valence-electron chi connectivity index (χ0n) is 16.0. The van der Waals surface area contributed by atoms with Crippen LogP contribution >= 0.6 is 23.1 Å². The van der Waals surface area contributed by atoms with Gasteiger partial charge in [-0.25, -0.2) is 9.37 Å². The van der Waals surface area contributed by atoms with Gasteiger partial charge in [0.15, 0.2) is 10.3 Å². The van der Waals surface area contributed by atoms with Crippen molar-refractivity contribution in [3.8, 4) is 0 Å². The number of carbonyl (C=O) groups is 2. The highest BCUT2D eigenvalue weighted by Gasteiger charge is 2.21. The summed E-state index contributed by atoms with van der Waals surface area (Å²) < 4.78 is 15.3. The summed E-state index contributed by atoms with van der Waals surface area (Å²) in [6.07, 6.45) is -0.0721. The van der Waals surface area contributed by atoms with Crippen molar-refractivity contribution >= 4 is 45.7 Å². The molecule has 2 heterocycles. The fraction of sp³-hybridized carbons (Fsp3) is 0.278. The maximum Gasteiger partial charge on any atom is 0.239 e. The second-order valence-electron chi connectivity index (χ2n) is 6.21. The number of thiazole rings is 1.